The largest absolute Gasteiger partial charge is 0.416 e. The number of alkyl halides is 3. The van der Waals surface area contributed by atoms with E-state index in [1.54, 1.807) is 0 Å². The van der Waals surface area contributed by atoms with Gasteiger partial charge in [-0.05, 0) is 59.8 Å². The summed E-state index contributed by atoms with van der Waals surface area (Å²) >= 11 is 3.26. The van der Waals surface area contributed by atoms with E-state index in [2.05, 4.69) is 21.2 Å². The number of anilines is 1. The molecule has 0 heterocycles. The summed E-state index contributed by atoms with van der Waals surface area (Å²) in [6.45, 7) is 0. The smallest absolute Gasteiger partial charge is 0.393 e. The summed E-state index contributed by atoms with van der Waals surface area (Å²) < 4.78 is 38.6. The lowest BCUT2D eigenvalue weighted by Crippen LogP contribution is -2.28. The van der Waals surface area contributed by atoms with Crippen LogP contribution in [0, 0.1) is 0 Å². The molecule has 0 saturated heterocycles. The SMILES string of the molecule is OC1CCC(Nc2cc(C(F)(F)F)ccc2Br)CC1. The van der Waals surface area contributed by atoms with Crippen LogP contribution in [-0.4, -0.2) is 17.3 Å². The molecule has 0 atom stereocenters. The molecule has 1 aliphatic rings. The zero-order chi connectivity index (χ0) is 14.0. The summed E-state index contributed by atoms with van der Waals surface area (Å²) in [6, 6.07) is 3.70. The molecule has 1 aliphatic carbocycles. The zero-order valence-electron chi connectivity index (χ0n) is 10.2. The molecule has 2 N–H and O–H groups in total. The Kier molecular flexibility index (Phi) is 4.40. The van der Waals surface area contributed by atoms with Crippen LogP contribution in [-0.2, 0) is 6.18 Å². The molecule has 0 unspecified atom stereocenters. The van der Waals surface area contributed by atoms with Crippen LogP contribution in [0.3, 0.4) is 0 Å². The summed E-state index contributed by atoms with van der Waals surface area (Å²) in [6.07, 6.45) is -1.70. The second kappa shape index (κ2) is 5.71. The van der Waals surface area contributed by atoms with Crippen LogP contribution < -0.4 is 5.32 Å². The van der Waals surface area contributed by atoms with Crippen molar-refractivity contribution >= 4 is 21.6 Å². The molecule has 1 saturated carbocycles. The van der Waals surface area contributed by atoms with Crippen molar-refractivity contribution in [3.8, 4) is 0 Å². The van der Waals surface area contributed by atoms with E-state index in [0.29, 0.717) is 23.0 Å². The van der Waals surface area contributed by atoms with Crippen molar-refractivity contribution in [3.05, 3.63) is 28.2 Å². The maximum absolute atomic E-state index is 12.7. The van der Waals surface area contributed by atoms with Gasteiger partial charge >= 0.3 is 6.18 Å². The van der Waals surface area contributed by atoms with Gasteiger partial charge in [0.05, 0.1) is 11.7 Å². The molecule has 0 aromatic heterocycles. The van der Waals surface area contributed by atoms with Gasteiger partial charge < -0.3 is 10.4 Å². The Hall–Kier alpha value is -0.750. The summed E-state index contributed by atoms with van der Waals surface area (Å²) in [5.74, 6) is 0. The van der Waals surface area contributed by atoms with Crippen molar-refractivity contribution in [3.63, 3.8) is 0 Å². The molecule has 1 aromatic rings. The van der Waals surface area contributed by atoms with Crippen LogP contribution in [0.25, 0.3) is 0 Å². The van der Waals surface area contributed by atoms with E-state index in [-0.39, 0.29) is 12.1 Å². The lowest BCUT2D eigenvalue weighted by Gasteiger charge is -2.27. The van der Waals surface area contributed by atoms with Gasteiger partial charge in [-0.15, -0.1) is 0 Å². The van der Waals surface area contributed by atoms with Crippen LogP contribution >= 0.6 is 15.9 Å². The summed E-state index contributed by atoms with van der Waals surface area (Å²) in [7, 11) is 0. The van der Waals surface area contributed by atoms with Gasteiger partial charge in [0, 0.05) is 16.2 Å². The van der Waals surface area contributed by atoms with E-state index >= 15 is 0 Å². The standard InChI is InChI=1S/C13H15BrF3NO/c14-11-6-1-8(13(15,16)17)7-12(11)18-9-2-4-10(19)5-3-9/h1,6-7,9-10,18-19H,2-5H2. The lowest BCUT2D eigenvalue weighted by molar-refractivity contribution is -0.137. The first-order valence-corrected chi connectivity index (χ1v) is 6.97. The van der Waals surface area contributed by atoms with Crippen molar-refractivity contribution in [2.24, 2.45) is 0 Å². The average molecular weight is 338 g/mol. The first-order chi connectivity index (χ1) is 8.86. The topological polar surface area (TPSA) is 32.3 Å². The fourth-order valence-electron chi connectivity index (χ4n) is 2.25. The third-order valence-electron chi connectivity index (χ3n) is 3.35. The van der Waals surface area contributed by atoms with E-state index in [9.17, 15) is 18.3 Å². The number of aliphatic hydroxyl groups excluding tert-OH is 1. The molecule has 0 radical (unpaired) electrons. The van der Waals surface area contributed by atoms with E-state index in [4.69, 9.17) is 0 Å². The predicted octanol–water partition coefficient (Wildman–Crippen LogP) is 4.18. The van der Waals surface area contributed by atoms with Crippen LogP contribution in [0.5, 0.6) is 0 Å². The van der Waals surface area contributed by atoms with Crippen molar-refractivity contribution < 1.29 is 18.3 Å². The number of halogens is 4. The van der Waals surface area contributed by atoms with Crippen LogP contribution in [0.4, 0.5) is 18.9 Å². The molecule has 0 amide bonds. The highest BCUT2D eigenvalue weighted by atomic mass is 79.9. The van der Waals surface area contributed by atoms with Crippen molar-refractivity contribution in [2.75, 3.05) is 5.32 Å². The molecule has 1 aromatic carbocycles. The molecule has 2 nitrogen and oxygen atoms in total. The Balaban J connectivity index is 2.11. The van der Waals surface area contributed by atoms with Crippen LogP contribution in [0.2, 0.25) is 0 Å². The highest BCUT2D eigenvalue weighted by Crippen LogP contribution is 2.35. The summed E-state index contributed by atoms with van der Waals surface area (Å²) in [5.41, 5.74) is -0.203. The van der Waals surface area contributed by atoms with E-state index < -0.39 is 11.7 Å². The third-order valence-corrected chi connectivity index (χ3v) is 4.04. The highest BCUT2D eigenvalue weighted by molar-refractivity contribution is 9.10. The second-order valence-corrected chi connectivity index (χ2v) is 5.70. The first kappa shape index (κ1) is 14.7. The van der Waals surface area contributed by atoms with Gasteiger partial charge in [-0.2, -0.15) is 13.2 Å². The Morgan fingerprint density at radius 2 is 1.79 bits per heavy atom. The number of aliphatic hydroxyl groups is 1. The maximum atomic E-state index is 12.7. The van der Waals surface area contributed by atoms with Crippen molar-refractivity contribution in [1.82, 2.24) is 0 Å². The molecule has 106 valence electrons. The maximum Gasteiger partial charge on any atom is 0.416 e. The lowest BCUT2D eigenvalue weighted by atomic mass is 9.93. The zero-order valence-corrected chi connectivity index (χ0v) is 11.8. The van der Waals surface area contributed by atoms with E-state index in [0.717, 1.165) is 25.0 Å². The summed E-state index contributed by atoms with van der Waals surface area (Å²) in [4.78, 5) is 0. The van der Waals surface area contributed by atoms with Crippen LogP contribution in [0.15, 0.2) is 22.7 Å². The number of benzene rings is 1. The number of nitrogens with one attached hydrogen (secondary N) is 1. The third kappa shape index (κ3) is 3.86. The fraction of sp³-hybridized carbons (Fsp3) is 0.538. The molecule has 1 fully saturated rings. The molecule has 19 heavy (non-hydrogen) atoms. The monoisotopic (exact) mass is 337 g/mol. The molecule has 0 aliphatic heterocycles. The number of hydrogen-bond acceptors (Lipinski definition) is 2. The minimum Gasteiger partial charge on any atom is -0.393 e. The Morgan fingerprint density at radius 1 is 1.16 bits per heavy atom. The quantitative estimate of drug-likeness (QED) is 0.848. The van der Waals surface area contributed by atoms with Crippen molar-refractivity contribution in [2.45, 2.75) is 44.0 Å². The minimum absolute atomic E-state index is 0.114. The normalized spacial score (nSPS) is 24.3. The van der Waals surface area contributed by atoms with Gasteiger partial charge in [-0.25, -0.2) is 0 Å². The van der Waals surface area contributed by atoms with E-state index in [1.165, 1.54) is 6.07 Å². The van der Waals surface area contributed by atoms with Crippen molar-refractivity contribution in [1.29, 1.82) is 0 Å². The second-order valence-electron chi connectivity index (χ2n) is 4.84. The molecule has 2 rings (SSSR count). The van der Waals surface area contributed by atoms with Gasteiger partial charge in [0.25, 0.3) is 0 Å². The minimum atomic E-state index is -4.33. The number of rotatable bonds is 2. The van der Waals surface area contributed by atoms with Gasteiger partial charge in [-0.1, -0.05) is 0 Å². The van der Waals surface area contributed by atoms with Gasteiger partial charge in [0.2, 0.25) is 0 Å². The fourth-order valence-corrected chi connectivity index (χ4v) is 2.61. The first-order valence-electron chi connectivity index (χ1n) is 6.17. The molecular weight excluding hydrogens is 323 g/mol. The molecule has 0 bridgehead atoms. The van der Waals surface area contributed by atoms with Gasteiger partial charge in [-0.3, -0.25) is 0 Å². The van der Waals surface area contributed by atoms with E-state index in [1.807, 2.05) is 0 Å². The van der Waals surface area contributed by atoms with Gasteiger partial charge in [0.15, 0.2) is 0 Å². The molecular formula is C13H15BrF3NO. The highest BCUT2D eigenvalue weighted by Gasteiger charge is 2.31. The number of hydrogen-bond donors (Lipinski definition) is 2. The Morgan fingerprint density at radius 3 is 2.37 bits per heavy atom. The van der Waals surface area contributed by atoms with Crippen LogP contribution in [0.1, 0.15) is 31.2 Å². The Labute approximate surface area is 118 Å². The molecule has 6 heteroatoms. The predicted molar refractivity (Wildman–Crippen MR) is 71.0 cm³/mol. The molecule has 0 spiro atoms. The summed E-state index contributed by atoms with van der Waals surface area (Å²) in [5, 5.41) is 12.5. The Bertz CT molecular complexity index is 442. The average Bonchev–Trinajstić information content (AvgIpc) is 2.33. The van der Waals surface area contributed by atoms with Gasteiger partial charge in [0.1, 0.15) is 0 Å².